The van der Waals surface area contributed by atoms with Gasteiger partial charge in [0.05, 0.1) is 6.61 Å². The molecule has 1 heterocycles. The summed E-state index contributed by atoms with van der Waals surface area (Å²) in [5.74, 6) is 3.60. The predicted molar refractivity (Wildman–Crippen MR) is 102 cm³/mol. The number of benzene rings is 1. The highest BCUT2D eigenvalue weighted by molar-refractivity contribution is 5.79. The molecule has 1 aliphatic heterocycles. The van der Waals surface area contributed by atoms with Gasteiger partial charge in [0.25, 0.3) is 0 Å². The highest BCUT2D eigenvalue weighted by Crippen LogP contribution is 2.32. The van der Waals surface area contributed by atoms with Crippen molar-refractivity contribution in [3.05, 3.63) is 29.8 Å². The standard InChI is InChI=1S/C22H33NO2/c1-17-14-18(2)16-23(15-17)12-3-13-25-22-10-6-20(7-11-22)19-4-8-21(24)9-5-19/h6-7,10-11,17-19H,3-5,8-9,12-16H2,1-2H3/t17-,18-/m0/s1. The molecule has 0 N–H and O–H groups in total. The van der Waals surface area contributed by atoms with Gasteiger partial charge in [-0.3, -0.25) is 4.79 Å². The van der Waals surface area contributed by atoms with Gasteiger partial charge in [-0.25, -0.2) is 0 Å². The molecule has 3 rings (SSSR count). The second-order valence-corrected chi connectivity index (χ2v) is 8.29. The van der Waals surface area contributed by atoms with Crippen LogP contribution in [0.5, 0.6) is 5.75 Å². The summed E-state index contributed by atoms with van der Waals surface area (Å²) in [6.07, 6.45) is 5.96. The van der Waals surface area contributed by atoms with Gasteiger partial charge in [0.15, 0.2) is 0 Å². The average Bonchev–Trinajstić information content (AvgIpc) is 2.59. The summed E-state index contributed by atoms with van der Waals surface area (Å²) in [6.45, 7) is 9.14. The smallest absolute Gasteiger partial charge is 0.132 e. The Balaban J connectivity index is 1.38. The summed E-state index contributed by atoms with van der Waals surface area (Å²) < 4.78 is 5.93. The first-order valence-corrected chi connectivity index (χ1v) is 10.1. The van der Waals surface area contributed by atoms with Crippen molar-refractivity contribution in [3.8, 4) is 5.75 Å². The minimum atomic E-state index is 0.425. The van der Waals surface area contributed by atoms with Gasteiger partial charge in [-0.15, -0.1) is 0 Å². The van der Waals surface area contributed by atoms with Crippen LogP contribution in [0.4, 0.5) is 0 Å². The van der Waals surface area contributed by atoms with Crippen molar-refractivity contribution in [1.82, 2.24) is 4.90 Å². The van der Waals surface area contributed by atoms with Gasteiger partial charge in [0.1, 0.15) is 11.5 Å². The molecule has 1 saturated heterocycles. The van der Waals surface area contributed by atoms with Crippen LogP contribution in [0.15, 0.2) is 24.3 Å². The third kappa shape index (κ3) is 5.57. The van der Waals surface area contributed by atoms with Crippen molar-refractivity contribution in [2.24, 2.45) is 11.8 Å². The van der Waals surface area contributed by atoms with E-state index in [-0.39, 0.29) is 0 Å². The van der Waals surface area contributed by atoms with E-state index in [2.05, 4.69) is 43.0 Å². The maximum atomic E-state index is 11.4. The van der Waals surface area contributed by atoms with Gasteiger partial charge in [-0.05, 0) is 61.1 Å². The largest absolute Gasteiger partial charge is 0.494 e. The second kappa shape index (κ2) is 8.84. The molecular formula is C22H33NO2. The normalized spacial score (nSPS) is 25.9. The van der Waals surface area contributed by atoms with Crippen LogP contribution in [-0.2, 0) is 4.79 Å². The Kier molecular flexibility index (Phi) is 6.52. The molecular weight excluding hydrogens is 310 g/mol. The lowest BCUT2D eigenvalue weighted by atomic mass is 9.83. The van der Waals surface area contributed by atoms with E-state index in [1.807, 2.05) is 0 Å². The number of hydrogen-bond donors (Lipinski definition) is 0. The van der Waals surface area contributed by atoms with Crippen molar-refractivity contribution >= 4 is 5.78 Å². The third-order valence-corrected chi connectivity index (χ3v) is 5.73. The lowest BCUT2D eigenvalue weighted by Crippen LogP contribution is -2.39. The van der Waals surface area contributed by atoms with Crippen molar-refractivity contribution in [1.29, 1.82) is 0 Å². The van der Waals surface area contributed by atoms with E-state index in [0.29, 0.717) is 11.7 Å². The average molecular weight is 344 g/mol. The lowest BCUT2D eigenvalue weighted by Gasteiger charge is -2.34. The first kappa shape index (κ1) is 18.4. The summed E-state index contributed by atoms with van der Waals surface area (Å²) in [6, 6.07) is 8.56. The van der Waals surface area contributed by atoms with Gasteiger partial charge >= 0.3 is 0 Å². The summed E-state index contributed by atoms with van der Waals surface area (Å²) in [5, 5.41) is 0. The number of ether oxygens (including phenoxy) is 1. The molecule has 1 aromatic carbocycles. The van der Waals surface area contributed by atoms with Crippen LogP contribution in [0, 0.1) is 11.8 Å². The molecule has 0 amide bonds. The fraction of sp³-hybridized carbons (Fsp3) is 0.682. The quantitative estimate of drug-likeness (QED) is 0.704. The number of carbonyl (C=O) groups excluding carboxylic acids is 1. The van der Waals surface area contributed by atoms with Crippen molar-refractivity contribution in [3.63, 3.8) is 0 Å². The molecule has 0 radical (unpaired) electrons. The van der Waals surface area contributed by atoms with E-state index < -0.39 is 0 Å². The first-order valence-electron chi connectivity index (χ1n) is 10.1. The SMILES string of the molecule is C[C@H]1C[C@H](C)CN(CCCOc2ccc(C3CCC(=O)CC3)cc2)C1. The molecule has 0 aromatic heterocycles. The van der Waals surface area contributed by atoms with E-state index >= 15 is 0 Å². The zero-order valence-electron chi connectivity index (χ0n) is 15.9. The number of hydrogen-bond acceptors (Lipinski definition) is 3. The molecule has 1 aliphatic carbocycles. The fourth-order valence-electron chi connectivity index (χ4n) is 4.56. The van der Waals surface area contributed by atoms with Crippen LogP contribution in [0.1, 0.15) is 63.9 Å². The van der Waals surface area contributed by atoms with E-state index in [1.54, 1.807) is 0 Å². The van der Waals surface area contributed by atoms with Crippen LogP contribution in [-0.4, -0.2) is 36.9 Å². The maximum Gasteiger partial charge on any atom is 0.132 e. The monoisotopic (exact) mass is 343 g/mol. The molecule has 3 heteroatoms. The fourth-order valence-corrected chi connectivity index (χ4v) is 4.56. The van der Waals surface area contributed by atoms with Gasteiger partial charge in [-0.1, -0.05) is 26.0 Å². The summed E-state index contributed by atoms with van der Waals surface area (Å²) in [5.41, 5.74) is 1.36. The molecule has 2 atom stereocenters. The molecule has 0 spiro atoms. The number of Topliss-reactive ketones (excluding diaryl/α,β-unsaturated/α-hetero) is 1. The number of carbonyl (C=O) groups is 1. The van der Waals surface area contributed by atoms with E-state index in [4.69, 9.17) is 4.74 Å². The zero-order chi connectivity index (χ0) is 17.6. The van der Waals surface area contributed by atoms with Crippen molar-refractivity contribution < 1.29 is 9.53 Å². The third-order valence-electron chi connectivity index (χ3n) is 5.73. The molecule has 0 bridgehead atoms. The second-order valence-electron chi connectivity index (χ2n) is 8.29. The lowest BCUT2D eigenvalue weighted by molar-refractivity contribution is -0.120. The first-order chi connectivity index (χ1) is 12.1. The van der Waals surface area contributed by atoms with E-state index in [9.17, 15) is 4.79 Å². The Morgan fingerprint density at radius 1 is 1.04 bits per heavy atom. The molecule has 2 fully saturated rings. The number of nitrogens with zero attached hydrogens (tertiary/aromatic N) is 1. The van der Waals surface area contributed by atoms with Gasteiger partial charge in [0.2, 0.25) is 0 Å². The van der Waals surface area contributed by atoms with Crippen molar-refractivity contribution in [2.45, 2.75) is 58.3 Å². The Labute approximate surface area is 152 Å². The molecule has 1 aromatic rings. The number of ketones is 1. The zero-order valence-corrected chi connectivity index (χ0v) is 15.9. The van der Waals surface area contributed by atoms with Crippen LogP contribution >= 0.6 is 0 Å². The van der Waals surface area contributed by atoms with Crippen LogP contribution in [0.3, 0.4) is 0 Å². The maximum absolute atomic E-state index is 11.4. The highest BCUT2D eigenvalue weighted by atomic mass is 16.5. The van der Waals surface area contributed by atoms with Crippen LogP contribution in [0.2, 0.25) is 0 Å². The van der Waals surface area contributed by atoms with E-state index in [0.717, 1.165) is 62.8 Å². The summed E-state index contributed by atoms with van der Waals surface area (Å²) >= 11 is 0. The molecule has 2 aliphatic rings. The van der Waals surface area contributed by atoms with Gasteiger partial charge < -0.3 is 9.64 Å². The van der Waals surface area contributed by atoms with Gasteiger partial charge in [0, 0.05) is 32.5 Å². The molecule has 3 nitrogen and oxygen atoms in total. The summed E-state index contributed by atoms with van der Waals surface area (Å²) in [7, 11) is 0. The number of piperidine rings is 1. The van der Waals surface area contributed by atoms with Gasteiger partial charge in [-0.2, -0.15) is 0 Å². The van der Waals surface area contributed by atoms with Crippen LogP contribution < -0.4 is 4.74 Å². The van der Waals surface area contributed by atoms with E-state index in [1.165, 1.54) is 25.1 Å². The topological polar surface area (TPSA) is 29.5 Å². The Morgan fingerprint density at radius 3 is 2.32 bits per heavy atom. The minimum absolute atomic E-state index is 0.425. The number of rotatable bonds is 6. The Hall–Kier alpha value is -1.35. The minimum Gasteiger partial charge on any atom is -0.494 e. The molecule has 0 unspecified atom stereocenters. The predicted octanol–water partition coefficient (Wildman–Crippen LogP) is 4.66. The molecule has 25 heavy (non-hydrogen) atoms. The molecule has 1 saturated carbocycles. The summed E-state index contributed by atoms with van der Waals surface area (Å²) in [4.78, 5) is 14.0. The number of likely N-dealkylation sites (tertiary alicyclic amines) is 1. The highest BCUT2D eigenvalue weighted by Gasteiger charge is 2.21. The Bertz CT molecular complexity index is 534. The Morgan fingerprint density at radius 2 is 1.68 bits per heavy atom. The van der Waals surface area contributed by atoms with Crippen LogP contribution in [0.25, 0.3) is 0 Å². The molecule has 138 valence electrons. The van der Waals surface area contributed by atoms with Crippen molar-refractivity contribution in [2.75, 3.05) is 26.2 Å².